The van der Waals surface area contributed by atoms with Crippen molar-refractivity contribution in [1.82, 2.24) is 5.32 Å². The Balaban J connectivity index is 2.24. The Morgan fingerprint density at radius 3 is 2.77 bits per heavy atom. The number of nitrogens with zero attached hydrogens (tertiary/aromatic N) is 1. The van der Waals surface area contributed by atoms with E-state index in [4.69, 9.17) is 0 Å². The van der Waals surface area contributed by atoms with Crippen LogP contribution >= 0.6 is 11.8 Å². The van der Waals surface area contributed by atoms with Gasteiger partial charge in [0.1, 0.15) is 0 Å². The number of aryl methyl sites for hydroxylation is 1. The second kappa shape index (κ2) is 6.02. The number of thioether (sulfide) groups is 1. The van der Waals surface area contributed by atoms with Crippen molar-refractivity contribution in [2.75, 3.05) is 6.26 Å². The van der Waals surface area contributed by atoms with Crippen molar-refractivity contribution in [2.24, 2.45) is 0 Å². The number of dihydropyridines is 1. The van der Waals surface area contributed by atoms with Crippen LogP contribution in [0.4, 0.5) is 0 Å². The molecule has 22 heavy (non-hydrogen) atoms. The van der Waals surface area contributed by atoms with E-state index in [0.29, 0.717) is 12.0 Å². The van der Waals surface area contributed by atoms with Crippen molar-refractivity contribution >= 4 is 17.5 Å². The van der Waals surface area contributed by atoms with Gasteiger partial charge >= 0.3 is 0 Å². The van der Waals surface area contributed by atoms with Crippen molar-refractivity contribution in [3.8, 4) is 6.07 Å². The second-order valence-electron chi connectivity index (χ2n) is 5.64. The standard InChI is InChI=1S/C18H18N2OS/c1-11-6-3-4-7-12(11)16-13(10-19)18(22-2)20-14-8-5-9-15(21)17(14)16/h3-4,6-7,16,20H,5,8-9H2,1-2H3/t16-/m0/s1. The van der Waals surface area contributed by atoms with Crippen LogP contribution in [-0.2, 0) is 4.79 Å². The van der Waals surface area contributed by atoms with Gasteiger partial charge in [-0.3, -0.25) is 4.79 Å². The molecule has 0 bridgehead atoms. The molecule has 2 aliphatic rings. The molecule has 0 radical (unpaired) electrons. The van der Waals surface area contributed by atoms with Crippen LogP contribution in [0.5, 0.6) is 0 Å². The quantitative estimate of drug-likeness (QED) is 0.903. The highest BCUT2D eigenvalue weighted by Gasteiger charge is 2.37. The monoisotopic (exact) mass is 310 g/mol. The first-order valence-corrected chi connectivity index (χ1v) is 8.67. The Kier molecular flexibility index (Phi) is 4.08. The molecule has 0 saturated heterocycles. The molecule has 0 fully saturated rings. The third kappa shape index (κ3) is 2.36. The number of ketones is 1. The van der Waals surface area contributed by atoms with Gasteiger partial charge in [0.2, 0.25) is 0 Å². The average Bonchev–Trinajstić information content (AvgIpc) is 2.54. The Morgan fingerprint density at radius 1 is 1.32 bits per heavy atom. The van der Waals surface area contributed by atoms with Gasteiger partial charge in [-0.25, -0.2) is 0 Å². The van der Waals surface area contributed by atoms with Crippen molar-refractivity contribution in [3.05, 3.63) is 57.3 Å². The SMILES string of the molecule is CSC1=C(C#N)[C@H](c2ccccc2C)C2=C(CCCC2=O)N1. The van der Waals surface area contributed by atoms with Crippen LogP contribution in [0.15, 0.2) is 46.1 Å². The van der Waals surface area contributed by atoms with Crippen LogP contribution in [-0.4, -0.2) is 12.0 Å². The van der Waals surface area contributed by atoms with Crippen LogP contribution in [0.25, 0.3) is 0 Å². The van der Waals surface area contributed by atoms with Gasteiger partial charge in [0.25, 0.3) is 0 Å². The van der Waals surface area contributed by atoms with E-state index in [9.17, 15) is 10.1 Å². The molecule has 1 aliphatic heterocycles. The predicted molar refractivity (Wildman–Crippen MR) is 89.1 cm³/mol. The fraction of sp³-hybridized carbons (Fsp3) is 0.333. The van der Waals surface area contributed by atoms with Crippen molar-refractivity contribution in [2.45, 2.75) is 32.1 Å². The Morgan fingerprint density at radius 2 is 2.09 bits per heavy atom. The first kappa shape index (κ1) is 14.9. The molecule has 3 rings (SSSR count). The smallest absolute Gasteiger partial charge is 0.161 e. The topological polar surface area (TPSA) is 52.9 Å². The zero-order valence-electron chi connectivity index (χ0n) is 12.8. The molecule has 1 aromatic rings. The van der Waals surface area contributed by atoms with Crippen LogP contribution in [0.1, 0.15) is 36.3 Å². The molecule has 1 N–H and O–H groups in total. The summed E-state index contributed by atoms with van der Waals surface area (Å²) in [6.07, 6.45) is 4.31. The van der Waals surface area contributed by atoms with E-state index in [0.717, 1.165) is 40.3 Å². The maximum Gasteiger partial charge on any atom is 0.161 e. The number of allylic oxidation sites excluding steroid dienone is 3. The Hall–Kier alpha value is -1.99. The predicted octanol–water partition coefficient (Wildman–Crippen LogP) is 3.79. The van der Waals surface area contributed by atoms with E-state index in [2.05, 4.69) is 11.4 Å². The number of hydrogen-bond acceptors (Lipinski definition) is 4. The largest absolute Gasteiger partial charge is 0.352 e. The molecule has 4 heteroatoms. The molecular formula is C18H18N2OS. The number of carbonyl (C=O) groups is 1. The number of benzene rings is 1. The molecule has 0 aromatic heterocycles. The molecule has 0 saturated carbocycles. The lowest BCUT2D eigenvalue weighted by molar-refractivity contribution is -0.116. The summed E-state index contributed by atoms with van der Waals surface area (Å²) < 4.78 is 0. The minimum atomic E-state index is -0.224. The summed E-state index contributed by atoms with van der Waals surface area (Å²) in [4.78, 5) is 12.5. The third-order valence-corrected chi connectivity index (χ3v) is 5.10. The zero-order chi connectivity index (χ0) is 15.7. The van der Waals surface area contributed by atoms with E-state index in [1.807, 2.05) is 37.4 Å². The van der Waals surface area contributed by atoms with Crippen molar-refractivity contribution < 1.29 is 4.79 Å². The van der Waals surface area contributed by atoms with Gasteiger partial charge in [-0.1, -0.05) is 24.3 Å². The highest BCUT2D eigenvalue weighted by molar-refractivity contribution is 8.02. The molecular weight excluding hydrogens is 292 g/mol. The van der Waals surface area contributed by atoms with Crippen LogP contribution in [0, 0.1) is 18.3 Å². The molecule has 1 heterocycles. The van der Waals surface area contributed by atoms with Crippen LogP contribution < -0.4 is 5.32 Å². The number of hydrogen-bond donors (Lipinski definition) is 1. The molecule has 3 nitrogen and oxygen atoms in total. The van der Waals surface area contributed by atoms with Crippen molar-refractivity contribution in [1.29, 1.82) is 5.26 Å². The Bertz CT molecular complexity index is 740. The molecule has 0 unspecified atom stereocenters. The van der Waals surface area contributed by atoms with E-state index >= 15 is 0 Å². The van der Waals surface area contributed by atoms with Crippen molar-refractivity contribution in [3.63, 3.8) is 0 Å². The average molecular weight is 310 g/mol. The van der Waals surface area contributed by atoms with E-state index in [1.165, 1.54) is 0 Å². The fourth-order valence-corrected chi connectivity index (χ4v) is 3.91. The summed E-state index contributed by atoms with van der Waals surface area (Å²) in [6, 6.07) is 10.4. The number of Topliss-reactive ketones (excluding diaryl/α,β-unsaturated/α-hetero) is 1. The number of carbonyl (C=O) groups excluding carboxylic acids is 1. The van der Waals surface area contributed by atoms with E-state index in [-0.39, 0.29) is 11.7 Å². The number of rotatable bonds is 2. The second-order valence-corrected chi connectivity index (χ2v) is 6.46. The maximum absolute atomic E-state index is 12.5. The van der Waals surface area contributed by atoms with E-state index in [1.54, 1.807) is 11.8 Å². The summed E-state index contributed by atoms with van der Waals surface area (Å²) in [6.45, 7) is 2.04. The lowest BCUT2D eigenvalue weighted by Gasteiger charge is -2.33. The third-order valence-electron chi connectivity index (χ3n) is 4.37. The highest BCUT2D eigenvalue weighted by Crippen LogP contribution is 2.44. The molecule has 0 spiro atoms. The summed E-state index contributed by atoms with van der Waals surface area (Å²) in [7, 11) is 0. The normalized spacial score (nSPS) is 21.3. The summed E-state index contributed by atoms with van der Waals surface area (Å²) in [5, 5.41) is 13.9. The highest BCUT2D eigenvalue weighted by atomic mass is 32.2. The van der Waals surface area contributed by atoms with Gasteiger partial charge in [0, 0.05) is 17.7 Å². The molecule has 1 atom stereocenters. The maximum atomic E-state index is 12.5. The molecule has 1 aromatic carbocycles. The van der Waals surface area contributed by atoms with Gasteiger partial charge in [0.05, 0.1) is 22.6 Å². The lowest BCUT2D eigenvalue weighted by Crippen LogP contribution is -2.31. The van der Waals surface area contributed by atoms with Gasteiger partial charge in [-0.15, -0.1) is 11.8 Å². The first-order valence-electron chi connectivity index (χ1n) is 7.44. The lowest BCUT2D eigenvalue weighted by atomic mass is 9.76. The summed E-state index contributed by atoms with van der Waals surface area (Å²) in [5.74, 6) is -0.0485. The minimum Gasteiger partial charge on any atom is -0.352 e. The molecule has 112 valence electrons. The first-order chi connectivity index (χ1) is 10.7. The summed E-state index contributed by atoms with van der Waals surface area (Å²) in [5.41, 5.74) is 4.65. The van der Waals surface area contributed by atoms with E-state index < -0.39 is 0 Å². The number of nitrogens with one attached hydrogen (secondary N) is 1. The Labute approximate surface area is 135 Å². The molecule has 0 amide bonds. The molecule has 1 aliphatic carbocycles. The summed E-state index contributed by atoms with van der Waals surface area (Å²) >= 11 is 1.54. The zero-order valence-corrected chi connectivity index (χ0v) is 13.6. The number of nitriles is 1. The van der Waals surface area contributed by atoms with Gasteiger partial charge < -0.3 is 5.32 Å². The van der Waals surface area contributed by atoms with Gasteiger partial charge in [0.15, 0.2) is 5.78 Å². The van der Waals surface area contributed by atoms with Gasteiger partial charge in [-0.05, 0) is 37.1 Å². The van der Waals surface area contributed by atoms with Crippen LogP contribution in [0.2, 0.25) is 0 Å². The van der Waals surface area contributed by atoms with Crippen LogP contribution in [0.3, 0.4) is 0 Å². The fourth-order valence-electron chi connectivity index (χ4n) is 3.31. The van der Waals surface area contributed by atoms with Gasteiger partial charge in [-0.2, -0.15) is 5.26 Å². The minimum absolute atomic E-state index is 0.176.